The van der Waals surface area contributed by atoms with Crippen molar-refractivity contribution in [2.75, 3.05) is 50.6 Å². The summed E-state index contributed by atoms with van der Waals surface area (Å²) in [6.45, 7) is 7.41. The molecule has 0 saturated carbocycles. The van der Waals surface area contributed by atoms with Crippen LogP contribution in [0.5, 0.6) is 0 Å². The van der Waals surface area contributed by atoms with Crippen molar-refractivity contribution in [1.82, 2.24) is 24.6 Å². The molecular weight excluding hydrogens is 492 g/mol. The second-order valence-corrected chi connectivity index (χ2v) is 12.9. The van der Waals surface area contributed by atoms with Crippen molar-refractivity contribution < 1.29 is 17.9 Å². The highest BCUT2D eigenvalue weighted by Crippen LogP contribution is 2.36. The van der Waals surface area contributed by atoms with E-state index < -0.39 is 9.84 Å². The monoisotopic (exact) mass is 524 g/mol. The van der Waals surface area contributed by atoms with E-state index in [0.717, 1.165) is 62.7 Å². The molecule has 10 nitrogen and oxygen atoms in total. The number of sulfone groups is 1. The smallest absolute Gasteiger partial charge is 0.250 e. The lowest BCUT2D eigenvalue weighted by molar-refractivity contribution is -0.0712. The molecular formula is C26H32N6O4S. The third-order valence-electron chi connectivity index (χ3n) is 8.48. The van der Waals surface area contributed by atoms with Crippen molar-refractivity contribution in [1.29, 1.82) is 0 Å². The van der Waals surface area contributed by atoms with Crippen molar-refractivity contribution in [2.24, 2.45) is 0 Å². The Morgan fingerprint density at radius 2 is 1.78 bits per heavy atom. The SMILES string of the molecule is Cc1cc2cnn(-c3cc(N4CC5CC4CO5)nc(S(C)(=O)=O)n3)c2cc1C1CCN(C2COC2)CC1. The van der Waals surface area contributed by atoms with Gasteiger partial charge in [-0.2, -0.15) is 10.1 Å². The van der Waals surface area contributed by atoms with E-state index in [1.807, 2.05) is 12.3 Å². The number of aryl methyl sites for hydroxylation is 1. The number of benzene rings is 1. The first-order valence-corrected chi connectivity index (χ1v) is 15.0. The molecule has 0 amide bonds. The number of likely N-dealkylation sites (tertiary alicyclic amines) is 1. The minimum absolute atomic E-state index is 0.171. The Bertz CT molecular complexity index is 1460. The topological polar surface area (TPSA) is 103 Å². The number of ether oxygens (including phenoxy) is 2. The van der Waals surface area contributed by atoms with E-state index in [2.05, 4.69) is 43.9 Å². The fourth-order valence-electron chi connectivity index (χ4n) is 6.34. The van der Waals surface area contributed by atoms with Crippen LogP contribution in [0.15, 0.2) is 29.6 Å². The third kappa shape index (κ3) is 4.12. The lowest BCUT2D eigenvalue weighted by Gasteiger charge is -2.41. The number of aromatic nitrogens is 4. The molecule has 6 heterocycles. The number of piperidine rings is 1. The fraction of sp³-hybridized carbons (Fsp3) is 0.577. The average Bonchev–Trinajstić information content (AvgIpc) is 3.58. The summed E-state index contributed by atoms with van der Waals surface area (Å²) in [4.78, 5) is 13.6. The van der Waals surface area contributed by atoms with Gasteiger partial charge in [-0.1, -0.05) is 0 Å². The molecule has 0 radical (unpaired) electrons. The number of hydrogen-bond donors (Lipinski definition) is 0. The highest BCUT2D eigenvalue weighted by atomic mass is 32.2. The Labute approximate surface area is 216 Å². The zero-order valence-electron chi connectivity index (χ0n) is 21.2. The zero-order valence-corrected chi connectivity index (χ0v) is 22.0. The predicted molar refractivity (Wildman–Crippen MR) is 138 cm³/mol. The Morgan fingerprint density at radius 1 is 1.00 bits per heavy atom. The van der Waals surface area contributed by atoms with Crippen molar-refractivity contribution >= 4 is 26.6 Å². The second-order valence-electron chi connectivity index (χ2n) is 11.0. The summed E-state index contributed by atoms with van der Waals surface area (Å²) in [5.74, 6) is 1.57. The number of anilines is 1. The first kappa shape index (κ1) is 23.5. The highest BCUT2D eigenvalue weighted by Gasteiger charge is 2.40. The minimum atomic E-state index is -3.61. The molecule has 11 heteroatoms. The molecule has 1 aromatic carbocycles. The van der Waals surface area contributed by atoms with Crippen LogP contribution in [0, 0.1) is 6.92 Å². The molecule has 2 unspecified atom stereocenters. The van der Waals surface area contributed by atoms with Crippen molar-refractivity contribution in [3.63, 3.8) is 0 Å². The molecule has 4 aliphatic heterocycles. The van der Waals surface area contributed by atoms with E-state index >= 15 is 0 Å². The Kier molecular flexibility index (Phi) is 5.54. The lowest BCUT2D eigenvalue weighted by Crippen LogP contribution is -2.51. The molecule has 7 rings (SSSR count). The van der Waals surface area contributed by atoms with Gasteiger partial charge in [-0.25, -0.2) is 18.1 Å². The number of morpholine rings is 1. The van der Waals surface area contributed by atoms with Crippen LogP contribution in [-0.2, 0) is 19.3 Å². The van der Waals surface area contributed by atoms with Gasteiger partial charge in [-0.3, -0.25) is 4.90 Å². The number of nitrogens with zero attached hydrogens (tertiary/aromatic N) is 6. The van der Waals surface area contributed by atoms with Crippen molar-refractivity contribution in [2.45, 2.75) is 55.4 Å². The van der Waals surface area contributed by atoms with Gasteiger partial charge >= 0.3 is 0 Å². The van der Waals surface area contributed by atoms with E-state index in [-0.39, 0.29) is 17.3 Å². The molecule has 0 aliphatic carbocycles. The summed E-state index contributed by atoms with van der Waals surface area (Å²) in [5, 5.41) is 5.49. The van der Waals surface area contributed by atoms with E-state index in [4.69, 9.17) is 9.47 Å². The van der Waals surface area contributed by atoms with Gasteiger partial charge in [0.2, 0.25) is 9.84 Å². The van der Waals surface area contributed by atoms with E-state index in [1.165, 1.54) is 11.1 Å². The largest absolute Gasteiger partial charge is 0.378 e. The third-order valence-corrected chi connectivity index (χ3v) is 9.33. The minimum Gasteiger partial charge on any atom is -0.378 e. The van der Waals surface area contributed by atoms with Gasteiger partial charge in [0, 0.05) is 24.3 Å². The van der Waals surface area contributed by atoms with Crippen molar-refractivity contribution in [3.8, 4) is 5.82 Å². The molecule has 3 aromatic rings. The molecule has 2 bridgehead atoms. The summed E-state index contributed by atoms with van der Waals surface area (Å²) in [6, 6.07) is 7.08. The van der Waals surface area contributed by atoms with Gasteiger partial charge in [0.1, 0.15) is 5.82 Å². The maximum Gasteiger partial charge on any atom is 0.250 e. The van der Waals surface area contributed by atoms with Gasteiger partial charge < -0.3 is 14.4 Å². The van der Waals surface area contributed by atoms with Gasteiger partial charge in [-0.05, 0) is 68.5 Å². The van der Waals surface area contributed by atoms with Crippen LogP contribution >= 0.6 is 0 Å². The predicted octanol–water partition coefficient (Wildman–Crippen LogP) is 2.08. The Morgan fingerprint density at radius 3 is 2.43 bits per heavy atom. The van der Waals surface area contributed by atoms with Crippen molar-refractivity contribution in [3.05, 3.63) is 35.5 Å². The van der Waals surface area contributed by atoms with Crippen LogP contribution in [0.1, 0.15) is 36.3 Å². The molecule has 37 heavy (non-hydrogen) atoms. The van der Waals surface area contributed by atoms with Crippen LogP contribution in [0.2, 0.25) is 0 Å². The molecule has 196 valence electrons. The summed E-state index contributed by atoms with van der Waals surface area (Å²) in [6.07, 6.45) is 6.33. The highest BCUT2D eigenvalue weighted by molar-refractivity contribution is 7.90. The standard InChI is InChI=1S/C26H32N6O4S/c1-16-7-18-11-27-32(23(18)9-22(16)17-3-5-30(6-4-17)20-13-35-14-20)25-10-24(28-26(29-25)37(2,33)34)31-12-21-8-19(31)15-36-21/h7,9-11,17,19-21H,3-6,8,12-15H2,1-2H3. The molecule has 4 fully saturated rings. The summed E-state index contributed by atoms with van der Waals surface area (Å²) >= 11 is 0. The molecule has 4 aliphatic rings. The lowest BCUT2D eigenvalue weighted by atomic mass is 9.85. The first-order chi connectivity index (χ1) is 17.8. The number of fused-ring (bicyclic) bond motifs is 3. The van der Waals surface area contributed by atoms with E-state index in [9.17, 15) is 8.42 Å². The molecule has 2 aromatic heterocycles. The van der Waals surface area contributed by atoms with Gasteiger partial charge in [0.25, 0.3) is 5.16 Å². The Hall–Kier alpha value is -2.60. The second kappa shape index (κ2) is 8.72. The fourth-order valence-corrected chi connectivity index (χ4v) is 6.86. The average molecular weight is 525 g/mol. The van der Waals surface area contributed by atoms with E-state index in [0.29, 0.717) is 36.7 Å². The van der Waals surface area contributed by atoms with Crippen LogP contribution in [0.3, 0.4) is 0 Å². The van der Waals surface area contributed by atoms with Crippen LogP contribution in [0.25, 0.3) is 16.7 Å². The zero-order chi connectivity index (χ0) is 25.3. The summed E-state index contributed by atoms with van der Waals surface area (Å²) in [5.41, 5.74) is 3.54. The molecule has 0 spiro atoms. The van der Waals surface area contributed by atoms with Gasteiger partial charge in [0.05, 0.1) is 49.7 Å². The quantitative estimate of drug-likeness (QED) is 0.464. The van der Waals surface area contributed by atoms with Crippen LogP contribution in [-0.4, -0.2) is 97.0 Å². The van der Waals surface area contributed by atoms with Crippen LogP contribution < -0.4 is 4.90 Å². The number of rotatable bonds is 5. The Balaban J connectivity index is 1.26. The van der Waals surface area contributed by atoms with Gasteiger partial charge in [-0.15, -0.1) is 0 Å². The number of hydrogen-bond acceptors (Lipinski definition) is 9. The van der Waals surface area contributed by atoms with Crippen LogP contribution in [0.4, 0.5) is 5.82 Å². The molecule has 2 atom stereocenters. The normalized spacial score (nSPS) is 25.3. The van der Waals surface area contributed by atoms with Gasteiger partial charge in [0.15, 0.2) is 5.82 Å². The summed E-state index contributed by atoms with van der Waals surface area (Å²) < 4.78 is 38.0. The first-order valence-electron chi connectivity index (χ1n) is 13.1. The maximum atomic E-state index is 12.5. The maximum absolute atomic E-state index is 12.5. The molecule has 4 saturated heterocycles. The molecule has 0 N–H and O–H groups in total. The van der Waals surface area contributed by atoms with E-state index in [1.54, 1.807) is 4.68 Å². The summed E-state index contributed by atoms with van der Waals surface area (Å²) in [7, 11) is -3.61.